The molecular weight excluding hydrogens is 296 g/mol. The molecule has 4 heterocycles. The summed E-state index contributed by atoms with van der Waals surface area (Å²) in [5.41, 5.74) is 2.18. The van der Waals surface area contributed by atoms with Crippen LogP contribution >= 0.6 is 0 Å². The first-order valence-corrected chi connectivity index (χ1v) is 7.30. The van der Waals surface area contributed by atoms with Gasteiger partial charge in [-0.2, -0.15) is 0 Å². The van der Waals surface area contributed by atoms with E-state index >= 15 is 0 Å². The van der Waals surface area contributed by atoms with E-state index in [1.165, 1.54) is 0 Å². The Kier molecular flexibility index (Phi) is 2.49. The van der Waals surface area contributed by atoms with Gasteiger partial charge in [0.15, 0.2) is 12.2 Å². The van der Waals surface area contributed by atoms with Crippen molar-refractivity contribution < 1.29 is 23.4 Å². The van der Waals surface area contributed by atoms with Crippen LogP contribution in [0.15, 0.2) is 51.8 Å². The SMILES string of the molecule is C1=[N+](c2ccc3c[n+](-c4ccc5cnoc5n4)oc3c2)OCC1. The fourth-order valence-electron chi connectivity index (χ4n) is 2.64. The summed E-state index contributed by atoms with van der Waals surface area (Å²) in [5.74, 6) is 0.635. The van der Waals surface area contributed by atoms with Crippen LogP contribution in [-0.4, -0.2) is 27.7 Å². The van der Waals surface area contributed by atoms with Gasteiger partial charge in [0.1, 0.15) is 6.20 Å². The van der Waals surface area contributed by atoms with Crippen LogP contribution in [0.2, 0.25) is 0 Å². The van der Waals surface area contributed by atoms with Gasteiger partial charge in [0.05, 0.1) is 29.5 Å². The molecule has 3 aromatic heterocycles. The molecular formula is C16H12N4O3+2. The van der Waals surface area contributed by atoms with Crippen LogP contribution in [0.3, 0.4) is 0 Å². The number of pyridine rings is 1. The molecule has 1 aliphatic rings. The van der Waals surface area contributed by atoms with E-state index in [0.717, 1.165) is 28.5 Å². The Morgan fingerprint density at radius 2 is 2.04 bits per heavy atom. The van der Waals surface area contributed by atoms with Gasteiger partial charge in [0.25, 0.3) is 5.69 Å². The quantitative estimate of drug-likeness (QED) is 0.531. The highest BCUT2D eigenvalue weighted by atomic mass is 16.7. The average molecular weight is 308 g/mol. The Hall–Kier alpha value is -3.22. The van der Waals surface area contributed by atoms with E-state index in [0.29, 0.717) is 18.1 Å². The largest absolute Gasteiger partial charge is 0.366 e. The molecule has 7 nitrogen and oxygen atoms in total. The van der Waals surface area contributed by atoms with E-state index in [1.807, 2.05) is 42.7 Å². The number of hydrogen-bond acceptors (Lipinski definition) is 5. The molecule has 7 heteroatoms. The summed E-state index contributed by atoms with van der Waals surface area (Å²) in [6, 6.07) is 9.69. The van der Waals surface area contributed by atoms with Gasteiger partial charge >= 0.3 is 11.5 Å². The van der Waals surface area contributed by atoms with E-state index in [1.54, 1.807) is 15.7 Å². The summed E-state index contributed by atoms with van der Waals surface area (Å²) in [5, 5.41) is 5.57. The lowest BCUT2D eigenvalue weighted by Crippen LogP contribution is -2.28. The van der Waals surface area contributed by atoms with Crippen molar-refractivity contribution in [3.8, 4) is 5.82 Å². The van der Waals surface area contributed by atoms with Gasteiger partial charge in [-0.25, -0.2) is 0 Å². The maximum Gasteiger partial charge on any atom is 0.366 e. The maximum atomic E-state index is 5.88. The monoisotopic (exact) mass is 308 g/mol. The van der Waals surface area contributed by atoms with Gasteiger partial charge in [-0.15, -0.1) is 0 Å². The molecule has 0 saturated heterocycles. The smallest absolute Gasteiger partial charge is 0.309 e. The summed E-state index contributed by atoms with van der Waals surface area (Å²) in [6.07, 6.45) is 6.45. The number of fused-ring (bicyclic) bond motifs is 2. The third-order valence-corrected chi connectivity index (χ3v) is 3.78. The lowest BCUT2D eigenvalue weighted by molar-refractivity contribution is -0.782. The standard InChI is InChI=1S/C16H12N4O3/c1-6-19(21-7-1)13-4-2-12-10-20(23-14(12)8-13)15-5-3-11-9-17-22-16(11)18-15/h2-6,8-10H,1,7H2/q+2. The normalized spacial score (nSPS) is 14.3. The summed E-state index contributed by atoms with van der Waals surface area (Å²) in [6.45, 7) is 0.706. The van der Waals surface area contributed by atoms with Crippen molar-refractivity contribution in [1.29, 1.82) is 0 Å². The molecule has 0 spiro atoms. The highest BCUT2D eigenvalue weighted by molar-refractivity contribution is 5.78. The minimum absolute atomic E-state index is 0.483. The topological polar surface area (TPSA) is 68.2 Å². The van der Waals surface area contributed by atoms with Gasteiger partial charge in [0.2, 0.25) is 6.21 Å². The Labute approximate surface area is 129 Å². The second-order valence-corrected chi connectivity index (χ2v) is 5.29. The van der Waals surface area contributed by atoms with Gasteiger partial charge in [0, 0.05) is 21.9 Å². The summed E-state index contributed by atoms with van der Waals surface area (Å²) >= 11 is 0. The third-order valence-electron chi connectivity index (χ3n) is 3.78. The second-order valence-electron chi connectivity index (χ2n) is 5.29. The Morgan fingerprint density at radius 1 is 1.09 bits per heavy atom. The highest BCUT2D eigenvalue weighted by Crippen LogP contribution is 2.22. The number of rotatable bonds is 2. The Bertz CT molecular complexity index is 1060. The zero-order valence-electron chi connectivity index (χ0n) is 12.0. The van der Waals surface area contributed by atoms with Crippen molar-refractivity contribution in [1.82, 2.24) is 10.1 Å². The van der Waals surface area contributed by atoms with Crippen molar-refractivity contribution >= 4 is 34.0 Å². The van der Waals surface area contributed by atoms with Crippen molar-refractivity contribution in [2.75, 3.05) is 6.61 Å². The first-order valence-electron chi connectivity index (χ1n) is 7.30. The molecule has 1 aliphatic heterocycles. The third kappa shape index (κ3) is 1.97. The molecule has 0 bridgehead atoms. The Morgan fingerprint density at radius 3 is 2.96 bits per heavy atom. The molecule has 0 radical (unpaired) electrons. The van der Waals surface area contributed by atoms with Crippen molar-refractivity contribution in [2.45, 2.75) is 6.42 Å². The summed E-state index contributed by atoms with van der Waals surface area (Å²) in [4.78, 5) is 9.92. The lowest BCUT2D eigenvalue weighted by Gasteiger charge is -1.93. The molecule has 0 unspecified atom stereocenters. The van der Waals surface area contributed by atoms with Gasteiger partial charge in [-0.05, 0) is 16.9 Å². The van der Waals surface area contributed by atoms with Crippen molar-refractivity contribution in [3.05, 3.63) is 42.7 Å². The molecule has 4 aromatic rings. The minimum Gasteiger partial charge on any atom is -0.309 e. The molecule has 0 N–H and O–H groups in total. The molecule has 0 fully saturated rings. The molecule has 112 valence electrons. The summed E-state index contributed by atoms with van der Waals surface area (Å²) in [7, 11) is 0. The maximum absolute atomic E-state index is 5.88. The molecule has 1 aromatic carbocycles. The molecule has 0 amide bonds. The van der Waals surface area contributed by atoms with E-state index in [9.17, 15) is 0 Å². The van der Waals surface area contributed by atoms with Crippen LogP contribution in [-0.2, 0) is 4.84 Å². The van der Waals surface area contributed by atoms with Crippen LogP contribution in [0.1, 0.15) is 6.42 Å². The molecule has 0 saturated carbocycles. The van der Waals surface area contributed by atoms with Gasteiger partial charge in [-0.1, -0.05) is 5.16 Å². The van der Waals surface area contributed by atoms with E-state index in [-0.39, 0.29) is 0 Å². The number of hydrogen-bond donors (Lipinski definition) is 0. The predicted molar refractivity (Wildman–Crippen MR) is 79.7 cm³/mol. The fraction of sp³-hybridized carbons (Fsp3) is 0.125. The average Bonchev–Trinajstić information content (AvgIpc) is 3.32. The van der Waals surface area contributed by atoms with Crippen LogP contribution in [0.4, 0.5) is 5.69 Å². The van der Waals surface area contributed by atoms with Crippen LogP contribution in [0, 0.1) is 0 Å². The zero-order chi connectivity index (χ0) is 15.2. The van der Waals surface area contributed by atoms with E-state index < -0.39 is 0 Å². The Balaban J connectivity index is 1.61. The van der Waals surface area contributed by atoms with E-state index in [2.05, 4.69) is 10.1 Å². The highest BCUT2D eigenvalue weighted by Gasteiger charge is 2.21. The van der Waals surface area contributed by atoms with Gasteiger partial charge < -0.3 is 4.52 Å². The van der Waals surface area contributed by atoms with E-state index in [4.69, 9.17) is 13.9 Å². The van der Waals surface area contributed by atoms with Crippen molar-refractivity contribution in [3.63, 3.8) is 0 Å². The van der Waals surface area contributed by atoms with Crippen LogP contribution in [0.25, 0.3) is 27.9 Å². The molecule has 0 aliphatic carbocycles. The van der Waals surface area contributed by atoms with Crippen LogP contribution in [0.5, 0.6) is 0 Å². The summed E-state index contributed by atoms with van der Waals surface area (Å²) < 4.78 is 14.4. The minimum atomic E-state index is 0.483. The van der Waals surface area contributed by atoms with Crippen LogP contribution < -0.4 is 4.74 Å². The fourth-order valence-corrected chi connectivity index (χ4v) is 2.64. The first kappa shape index (κ1) is 12.3. The lowest BCUT2D eigenvalue weighted by atomic mass is 10.2. The molecule has 23 heavy (non-hydrogen) atoms. The van der Waals surface area contributed by atoms with Gasteiger partial charge in [-0.3, -0.25) is 9.36 Å². The zero-order valence-corrected chi connectivity index (χ0v) is 12.0. The predicted octanol–water partition coefficient (Wildman–Crippen LogP) is 2.30. The first-order chi connectivity index (χ1) is 11.4. The number of benzene rings is 1. The number of nitrogens with zero attached hydrogens (tertiary/aromatic N) is 4. The molecule has 5 rings (SSSR count). The molecule has 0 atom stereocenters. The number of aromatic nitrogens is 3. The second kappa shape index (κ2) is 4.64. The van der Waals surface area contributed by atoms with Crippen molar-refractivity contribution in [2.24, 2.45) is 0 Å².